The smallest absolute Gasteiger partial charge is 0.319 e. The third-order valence-electron chi connectivity index (χ3n) is 3.06. The van der Waals surface area contributed by atoms with Crippen molar-refractivity contribution in [1.82, 2.24) is 16.0 Å². The summed E-state index contributed by atoms with van der Waals surface area (Å²) in [6.45, 7) is 6.82. The lowest BCUT2D eigenvalue weighted by Crippen LogP contribution is -2.34. The Kier molecular flexibility index (Phi) is 10.0. The Bertz CT molecular complexity index is 491. The van der Waals surface area contributed by atoms with E-state index in [1.54, 1.807) is 0 Å². The number of halogens is 1. The van der Waals surface area contributed by atoms with Crippen molar-refractivity contribution >= 4 is 30.0 Å². The highest BCUT2D eigenvalue weighted by atomic mass is 35.5. The van der Waals surface area contributed by atoms with Crippen molar-refractivity contribution in [2.24, 2.45) is 5.92 Å². The predicted molar refractivity (Wildman–Crippen MR) is 95.9 cm³/mol. The molecule has 0 heterocycles. The number of rotatable bonds is 7. The molecule has 0 aliphatic rings. The zero-order valence-electron chi connectivity index (χ0n) is 14.1. The molecule has 6 nitrogen and oxygen atoms in total. The molecule has 1 aromatic carbocycles. The number of carbonyl (C=O) groups excluding carboxylic acids is 2. The van der Waals surface area contributed by atoms with E-state index in [-0.39, 0.29) is 36.3 Å². The Labute approximate surface area is 144 Å². The van der Waals surface area contributed by atoms with Crippen molar-refractivity contribution < 1.29 is 9.59 Å². The summed E-state index contributed by atoms with van der Waals surface area (Å²) in [6, 6.07) is 7.27. The number of carbonyl (C=O) groups is 2. The Morgan fingerprint density at radius 2 is 1.70 bits per heavy atom. The van der Waals surface area contributed by atoms with Crippen LogP contribution in [0, 0.1) is 5.92 Å². The lowest BCUT2D eigenvalue weighted by Gasteiger charge is -2.12. The van der Waals surface area contributed by atoms with Gasteiger partial charge in [-0.05, 0) is 38.6 Å². The lowest BCUT2D eigenvalue weighted by atomic mass is 10.1. The summed E-state index contributed by atoms with van der Waals surface area (Å²) in [5.41, 5.74) is 1.71. The first-order chi connectivity index (χ1) is 10.4. The molecule has 7 heteroatoms. The Morgan fingerprint density at radius 3 is 2.22 bits per heavy atom. The first-order valence-electron chi connectivity index (χ1n) is 7.51. The van der Waals surface area contributed by atoms with E-state index >= 15 is 0 Å². The largest absolute Gasteiger partial charge is 0.352 e. The molecule has 23 heavy (non-hydrogen) atoms. The molecule has 0 radical (unpaired) electrons. The summed E-state index contributed by atoms with van der Waals surface area (Å²) < 4.78 is 0. The van der Waals surface area contributed by atoms with Crippen LogP contribution in [0.25, 0.3) is 0 Å². The van der Waals surface area contributed by atoms with Crippen molar-refractivity contribution in [2.75, 3.05) is 18.9 Å². The van der Waals surface area contributed by atoms with Crippen molar-refractivity contribution in [3.05, 3.63) is 29.8 Å². The van der Waals surface area contributed by atoms with Crippen LogP contribution in [0.4, 0.5) is 10.5 Å². The summed E-state index contributed by atoms with van der Waals surface area (Å²) in [7, 11) is 1.82. The second-order valence-corrected chi connectivity index (χ2v) is 5.63. The van der Waals surface area contributed by atoms with Gasteiger partial charge in [-0.1, -0.05) is 19.1 Å². The topological polar surface area (TPSA) is 82.3 Å². The van der Waals surface area contributed by atoms with Gasteiger partial charge in [-0.15, -0.1) is 12.4 Å². The number of hydrogen-bond donors (Lipinski definition) is 4. The van der Waals surface area contributed by atoms with E-state index in [9.17, 15) is 9.59 Å². The number of anilines is 1. The molecule has 1 aromatic rings. The van der Waals surface area contributed by atoms with Crippen LogP contribution in [0.5, 0.6) is 0 Å². The second-order valence-electron chi connectivity index (χ2n) is 5.63. The second kappa shape index (κ2) is 10.9. The van der Waals surface area contributed by atoms with Crippen molar-refractivity contribution in [3.8, 4) is 0 Å². The van der Waals surface area contributed by atoms with Crippen LogP contribution in [-0.4, -0.2) is 31.6 Å². The molecule has 4 N–H and O–H groups in total. The highest BCUT2D eigenvalue weighted by molar-refractivity contribution is 5.89. The molecule has 0 bridgehead atoms. The van der Waals surface area contributed by atoms with Crippen LogP contribution < -0.4 is 21.3 Å². The van der Waals surface area contributed by atoms with E-state index in [1.807, 2.05) is 52.1 Å². The minimum atomic E-state index is -0.225. The van der Waals surface area contributed by atoms with Crippen LogP contribution in [-0.2, 0) is 11.3 Å². The quantitative estimate of drug-likeness (QED) is 0.612. The van der Waals surface area contributed by atoms with Crippen molar-refractivity contribution in [3.63, 3.8) is 0 Å². The standard InChI is InChI=1S/C16H26N4O2.ClH/c1-11(2)19-16(22)20-14-7-5-13(6-8-14)10-18-15(21)12(3)9-17-4;/h5-8,11-12,17H,9-10H2,1-4H3,(H,18,21)(H2,19,20,22);1H. The molecule has 1 atom stereocenters. The maximum Gasteiger partial charge on any atom is 0.319 e. The molecule has 0 saturated carbocycles. The summed E-state index contributed by atoms with van der Waals surface area (Å²) in [5, 5.41) is 11.4. The van der Waals surface area contributed by atoms with Gasteiger partial charge in [0.25, 0.3) is 0 Å². The number of hydrogen-bond acceptors (Lipinski definition) is 3. The maximum absolute atomic E-state index is 11.8. The summed E-state index contributed by atoms with van der Waals surface area (Å²) in [4.78, 5) is 23.4. The van der Waals surface area contributed by atoms with E-state index in [0.29, 0.717) is 13.1 Å². The third kappa shape index (κ3) is 8.42. The van der Waals surface area contributed by atoms with Gasteiger partial charge in [0.1, 0.15) is 0 Å². The molecule has 130 valence electrons. The van der Waals surface area contributed by atoms with Crippen LogP contribution in [0.1, 0.15) is 26.3 Å². The monoisotopic (exact) mass is 342 g/mol. The van der Waals surface area contributed by atoms with Crippen LogP contribution in [0.2, 0.25) is 0 Å². The van der Waals surface area contributed by atoms with Gasteiger partial charge >= 0.3 is 6.03 Å². The van der Waals surface area contributed by atoms with Crippen molar-refractivity contribution in [2.45, 2.75) is 33.4 Å². The Hall–Kier alpha value is -1.79. The third-order valence-corrected chi connectivity index (χ3v) is 3.06. The molecule has 0 spiro atoms. The van der Waals surface area contributed by atoms with Gasteiger partial charge < -0.3 is 21.3 Å². The molecular formula is C16H27ClN4O2. The highest BCUT2D eigenvalue weighted by Gasteiger charge is 2.11. The van der Waals surface area contributed by atoms with E-state index < -0.39 is 0 Å². The Balaban J connectivity index is 0.00000484. The van der Waals surface area contributed by atoms with E-state index in [0.717, 1.165) is 11.3 Å². The first kappa shape index (κ1) is 21.2. The molecule has 0 aliphatic heterocycles. The molecule has 0 aromatic heterocycles. The zero-order valence-corrected chi connectivity index (χ0v) is 14.9. The lowest BCUT2D eigenvalue weighted by molar-refractivity contribution is -0.124. The SMILES string of the molecule is CNCC(C)C(=O)NCc1ccc(NC(=O)NC(C)C)cc1.Cl. The first-order valence-corrected chi connectivity index (χ1v) is 7.51. The summed E-state index contributed by atoms with van der Waals surface area (Å²) in [5.74, 6) is -0.0430. The highest BCUT2D eigenvalue weighted by Crippen LogP contribution is 2.09. The predicted octanol–water partition coefficient (Wildman–Crippen LogP) is 2.11. The van der Waals surface area contributed by atoms with Crippen LogP contribution in [0.15, 0.2) is 24.3 Å². The minimum absolute atomic E-state index is 0. The van der Waals surface area contributed by atoms with E-state index in [2.05, 4.69) is 21.3 Å². The Morgan fingerprint density at radius 1 is 1.09 bits per heavy atom. The number of urea groups is 1. The number of benzene rings is 1. The van der Waals surface area contributed by atoms with E-state index in [1.165, 1.54) is 0 Å². The normalized spacial score (nSPS) is 11.3. The maximum atomic E-state index is 11.8. The molecular weight excluding hydrogens is 316 g/mol. The van der Waals surface area contributed by atoms with Crippen molar-refractivity contribution in [1.29, 1.82) is 0 Å². The van der Waals surface area contributed by atoms with Gasteiger partial charge in [0.2, 0.25) is 5.91 Å². The molecule has 0 saturated heterocycles. The van der Waals surface area contributed by atoms with Gasteiger partial charge in [0, 0.05) is 30.7 Å². The fraction of sp³-hybridized carbons (Fsp3) is 0.500. The molecule has 0 aliphatic carbocycles. The average molecular weight is 343 g/mol. The molecule has 3 amide bonds. The molecule has 1 rings (SSSR count). The van der Waals surface area contributed by atoms with Crippen LogP contribution >= 0.6 is 12.4 Å². The van der Waals surface area contributed by atoms with E-state index in [4.69, 9.17) is 0 Å². The van der Waals surface area contributed by atoms with Gasteiger partial charge in [-0.2, -0.15) is 0 Å². The minimum Gasteiger partial charge on any atom is -0.352 e. The summed E-state index contributed by atoms with van der Waals surface area (Å²) in [6.07, 6.45) is 0. The zero-order chi connectivity index (χ0) is 16.5. The van der Waals surface area contributed by atoms with Gasteiger partial charge in [0.05, 0.1) is 0 Å². The van der Waals surface area contributed by atoms with Gasteiger partial charge in [0.15, 0.2) is 0 Å². The molecule has 1 unspecified atom stereocenters. The number of nitrogens with one attached hydrogen (secondary N) is 4. The van der Waals surface area contributed by atoms with Gasteiger partial charge in [-0.25, -0.2) is 4.79 Å². The average Bonchev–Trinajstić information content (AvgIpc) is 2.45. The van der Waals surface area contributed by atoms with Gasteiger partial charge in [-0.3, -0.25) is 4.79 Å². The fourth-order valence-corrected chi connectivity index (χ4v) is 1.90. The summed E-state index contributed by atoms with van der Waals surface area (Å²) >= 11 is 0. The fourth-order valence-electron chi connectivity index (χ4n) is 1.90. The molecule has 0 fully saturated rings. The number of amides is 3. The van der Waals surface area contributed by atoms with Crippen LogP contribution in [0.3, 0.4) is 0 Å².